The molecule has 2 nitrogen and oxygen atoms in total. The average Bonchev–Trinajstić information content (AvgIpc) is 2.43. The van der Waals surface area contributed by atoms with Crippen molar-refractivity contribution in [1.82, 2.24) is 4.90 Å². The minimum Gasteiger partial charge on any atom is -0.390 e. The molecule has 4 heteroatoms. The molecule has 0 radical (unpaired) electrons. The van der Waals surface area contributed by atoms with Crippen molar-refractivity contribution in [3.05, 3.63) is 34.6 Å². The first-order valence-corrected chi connectivity index (χ1v) is 7.83. The summed E-state index contributed by atoms with van der Waals surface area (Å²) >= 11 is 5.83. The first kappa shape index (κ1) is 14.3. The Morgan fingerprint density at radius 2 is 2.20 bits per heavy atom. The van der Waals surface area contributed by atoms with E-state index in [0.717, 1.165) is 50.9 Å². The Balaban J connectivity index is 1.66. The van der Waals surface area contributed by atoms with Gasteiger partial charge in [-0.25, -0.2) is 4.39 Å². The molecule has 1 aliphatic carbocycles. The van der Waals surface area contributed by atoms with E-state index in [1.807, 2.05) is 0 Å². The van der Waals surface area contributed by atoms with Gasteiger partial charge in [0.2, 0.25) is 0 Å². The predicted molar refractivity (Wildman–Crippen MR) is 78.2 cm³/mol. The first-order valence-electron chi connectivity index (χ1n) is 7.45. The van der Waals surface area contributed by atoms with Gasteiger partial charge in [0, 0.05) is 25.6 Å². The van der Waals surface area contributed by atoms with E-state index in [4.69, 9.17) is 11.6 Å². The van der Waals surface area contributed by atoms with Crippen molar-refractivity contribution in [2.75, 3.05) is 13.1 Å². The molecule has 1 heterocycles. The molecule has 1 aromatic rings. The number of nitrogens with zero attached hydrogens (tertiary/aromatic N) is 1. The number of benzene rings is 1. The molecule has 2 atom stereocenters. The van der Waals surface area contributed by atoms with Crippen LogP contribution in [0.3, 0.4) is 0 Å². The lowest BCUT2D eigenvalue weighted by molar-refractivity contribution is -0.0967. The van der Waals surface area contributed by atoms with Crippen molar-refractivity contribution < 1.29 is 9.50 Å². The van der Waals surface area contributed by atoms with E-state index in [2.05, 4.69) is 4.90 Å². The van der Waals surface area contributed by atoms with Gasteiger partial charge >= 0.3 is 0 Å². The number of piperidine rings is 1. The number of hydrogen-bond donors (Lipinski definition) is 1. The Morgan fingerprint density at radius 1 is 1.35 bits per heavy atom. The van der Waals surface area contributed by atoms with Crippen LogP contribution in [-0.2, 0) is 6.54 Å². The standard InChI is InChI=1S/C16H21ClFNO/c17-14-9-12(4-5-15(14)18)10-19-8-7-16(20)6-2-1-3-13(16)11-19/h4-5,9,13,20H,1-3,6-8,10-11H2. The average molecular weight is 298 g/mol. The number of aliphatic hydroxyl groups is 1. The van der Waals surface area contributed by atoms with Crippen molar-refractivity contribution >= 4 is 11.6 Å². The number of rotatable bonds is 2. The third kappa shape index (κ3) is 2.85. The molecule has 2 unspecified atom stereocenters. The van der Waals surface area contributed by atoms with Crippen molar-refractivity contribution in [1.29, 1.82) is 0 Å². The summed E-state index contributed by atoms with van der Waals surface area (Å²) in [7, 11) is 0. The molecule has 1 saturated carbocycles. The molecule has 2 aliphatic rings. The second kappa shape index (κ2) is 5.63. The van der Waals surface area contributed by atoms with Crippen LogP contribution >= 0.6 is 11.6 Å². The monoisotopic (exact) mass is 297 g/mol. The molecule has 1 aliphatic heterocycles. The van der Waals surface area contributed by atoms with Crippen molar-refractivity contribution in [2.45, 2.75) is 44.2 Å². The molecule has 0 aromatic heterocycles. The fraction of sp³-hybridized carbons (Fsp3) is 0.625. The zero-order chi connectivity index (χ0) is 14.2. The molecule has 20 heavy (non-hydrogen) atoms. The van der Waals surface area contributed by atoms with E-state index in [9.17, 15) is 9.50 Å². The smallest absolute Gasteiger partial charge is 0.141 e. The van der Waals surface area contributed by atoms with E-state index in [1.54, 1.807) is 12.1 Å². The van der Waals surface area contributed by atoms with Crippen LogP contribution in [0.15, 0.2) is 18.2 Å². The van der Waals surface area contributed by atoms with Crippen LogP contribution in [0.1, 0.15) is 37.7 Å². The van der Waals surface area contributed by atoms with Crippen molar-refractivity contribution in [3.63, 3.8) is 0 Å². The summed E-state index contributed by atoms with van der Waals surface area (Å²) in [6.45, 7) is 2.63. The number of halogens is 2. The molecule has 3 rings (SSSR count). The highest BCUT2D eigenvalue weighted by Gasteiger charge is 2.42. The summed E-state index contributed by atoms with van der Waals surface area (Å²) in [5, 5.41) is 10.8. The normalized spacial score (nSPS) is 31.1. The summed E-state index contributed by atoms with van der Waals surface area (Å²) in [4.78, 5) is 2.36. The second-order valence-electron chi connectivity index (χ2n) is 6.28. The van der Waals surface area contributed by atoms with Crippen LogP contribution < -0.4 is 0 Å². The summed E-state index contributed by atoms with van der Waals surface area (Å²) in [5.74, 6) is 0.0247. The van der Waals surface area contributed by atoms with Crippen LogP contribution in [0, 0.1) is 11.7 Å². The first-order chi connectivity index (χ1) is 9.57. The Morgan fingerprint density at radius 3 is 3.00 bits per heavy atom. The van der Waals surface area contributed by atoms with E-state index >= 15 is 0 Å². The third-order valence-electron chi connectivity index (χ3n) is 4.90. The fourth-order valence-corrected chi connectivity index (χ4v) is 3.88. The Bertz CT molecular complexity index is 495. The van der Waals surface area contributed by atoms with Crippen LogP contribution in [0.25, 0.3) is 0 Å². The molecule has 1 N–H and O–H groups in total. The minimum absolute atomic E-state index is 0.189. The maximum atomic E-state index is 13.2. The quantitative estimate of drug-likeness (QED) is 0.901. The maximum Gasteiger partial charge on any atom is 0.141 e. The lowest BCUT2D eigenvalue weighted by Gasteiger charge is -2.47. The molecule has 0 bridgehead atoms. The van der Waals surface area contributed by atoms with E-state index in [-0.39, 0.29) is 10.8 Å². The van der Waals surface area contributed by atoms with E-state index < -0.39 is 5.60 Å². The Hall–Kier alpha value is -0.640. The molecule has 1 aromatic carbocycles. The highest BCUT2D eigenvalue weighted by Crippen LogP contribution is 2.40. The van der Waals surface area contributed by atoms with Gasteiger partial charge in [-0.3, -0.25) is 4.90 Å². The number of likely N-dealkylation sites (tertiary alicyclic amines) is 1. The van der Waals surface area contributed by atoms with Gasteiger partial charge in [0.25, 0.3) is 0 Å². The fourth-order valence-electron chi connectivity index (χ4n) is 3.68. The third-order valence-corrected chi connectivity index (χ3v) is 5.19. The molecular formula is C16H21ClFNO. The summed E-state index contributed by atoms with van der Waals surface area (Å²) in [5.41, 5.74) is 0.604. The maximum absolute atomic E-state index is 13.2. The minimum atomic E-state index is -0.435. The van der Waals surface area contributed by atoms with Crippen LogP contribution in [0.4, 0.5) is 4.39 Å². The van der Waals surface area contributed by atoms with Crippen LogP contribution in [0.5, 0.6) is 0 Å². The van der Waals surface area contributed by atoms with Gasteiger partial charge in [-0.2, -0.15) is 0 Å². The van der Waals surface area contributed by atoms with E-state index in [0.29, 0.717) is 5.92 Å². The van der Waals surface area contributed by atoms with E-state index in [1.165, 1.54) is 12.5 Å². The Labute approximate surface area is 124 Å². The molecule has 1 saturated heterocycles. The number of hydrogen-bond acceptors (Lipinski definition) is 2. The topological polar surface area (TPSA) is 23.5 Å². The highest BCUT2D eigenvalue weighted by molar-refractivity contribution is 6.30. The van der Waals surface area contributed by atoms with Gasteiger partial charge in [0.1, 0.15) is 5.82 Å². The second-order valence-corrected chi connectivity index (χ2v) is 6.69. The molecule has 0 amide bonds. The zero-order valence-electron chi connectivity index (χ0n) is 11.6. The van der Waals surface area contributed by atoms with Crippen LogP contribution in [0.2, 0.25) is 5.02 Å². The van der Waals surface area contributed by atoms with Gasteiger partial charge in [0.15, 0.2) is 0 Å². The van der Waals surface area contributed by atoms with Crippen molar-refractivity contribution in [2.24, 2.45) is 5.92 Å². The predicted octanol–water partition coefficient (Wildman–Crippen LogP) is 3.61. The highest BCUT2D eigenvalue weighted by atomic mass is 35.5. The van der Waals surface area contributed by atoms with Crippen molar-refractivity contribution in [3.8, 4) is 0 Å². The summed E-state index contributed by atoms with van der Waals surface area (Å²) < 4.78 is 13.2. The Kier molecular flexibility index (Phi) is 4.02. The van der Waals surface area contributed by atoms with Gasteiger partial charge in [-0.1, -0.05) is 30.5 Å². The lowest BCUT2D eigenvalue weighted by atomic mass is 9.71. The van der Waals surface area contributed by atoms with Crippen LogP contribution in [-0.4, -0.2) is 28.7 Å². The SMILES string of the molecule is OC12CCCCC1CN(Cc1ccc(F)c(Cl)c1)CC2. The summed E-state index contributed by atoms with van der Waals surface area (Å²) in [6, 6.07) is 4.93. The molecule has 2 fully saturated rings. The molecule has 0 spiro atoms. The van der Waals surface area contributed by atoms with Gasteiger partial charge in [-0.15, -0.1) is 0 Å². The van der Waals surface area contributed by atoms with Gasteiger partial charge < -0.3 is 5.11 Å². The number of fused-ring (bicyclic) bond motifs is 1. The molecule has 110 valence electrons. The zero-order valence-corrected chi connectivity index (χ0v) is 12.4. The van der Waals surface area contributed by atoms with Gasteiger partial charge in [-0.05, 0) is 37.0 Å². The van der Waals surface area contributed by atoms with Gasteiger partial charge in [0.05, 0.1) is 10.6 Å². The summed E-state index contributed by atoms with van der Waals surface area (Å²) in [6.07, 6.45) is 5.31. The lowest BCUT2D eigenvalue weighted by Crippen LogP contribution is -2.52. The molecular weight excluding hydrogens is 277 g/mol. The largest absolute Gasteiger partial charge is 0.390 e.